The zero-order chi connectivity index (χ0) is 19.8. The van der Waals surface area contributed by atoms with Gasteiger partial charge in [-0.2, -0.15) is 0 Å². The fraction of sp³-hybridized carbons (Fsp3) is 0.350. The quantitative estimate of drug-likeness (QED) is 0.790. The van der Waals surface area contributed by atoms with Gasteiger partial charge in [0.05, 0.1) is 23.3 Å². The fourth-order valence-corrected chi connectivity index (χ4v) is 4.65. The second-order valence-electron chi connectivity index (χ2n) is 6.83. The Morgan fingerprint density at radius 3 is 2.56 bits per heavy atom. The standard InChI is InChI=1S/C20H24N2O4S/c1-14(2)21(3)20(23)17-13-16(9-10-19(17)26-4)27(24,25)22-12-11-15-7-5-6-8-18(15)22/h5-10,13-14H,11-12H2,1-4H3. The van der Waals surface area contributed by atoms with Crippen LogP contribution in [0.4, 0.5) is 5.69 Å². The average molecular weight is 388 g/mol. The third kappa shape index (κ3) is 3.39. The number of anilines is 1. The van der Waals surface area contributed by atoms with E-state index in [0.29, 0.717) is 24.4 Å². The van der Waals surface area contributed by atoms with Crippen LogP contribution in [0.3, 0.4) is 0 Å². The summed E-state index contributed by atoms with van der Waals surface area (Å²) in [6.45, 7) is 4.18. The maximum atomic E-state index is 13.2. The van der Waals surface area contributed by atoms with Crippen molar-refractivity contribution in [2.45, 2.75) is 31.2 Å². The second-order valence-corrected chi connectivity index (χ2v) is 8.69. The van der Waals surface area contributed by atoms with E-state index in [1.807, 2.05) is 38.1 Å². The van der Waals surface area contributed by atoms with Crippen LogP contribution in [0.5, 0.6) is 5.75 Å². The maximum Gasteiger partial charge on any atom is 0.264 e. The molecule has 0 saturated carbocycles. The number of hydrogen-bond donors (Lipinski definition) is 0. The molecule has 0 N–H and O–H groups in total. The molecule has 0 fully saturated rings. The third-order valence-electron chi connectivity index (χ3n) is 4.93. The molecule has 0 aliphatic carbocycles. The van der Waals surface area contributed by atoms with Crippen LogP contribution in [0, 0.1) is 0 Å². The molecule has 1 aliphatic rings. The number of hydrogen-bond acceptors (Lipinski definition) is 4. The predicted molar refractivity (Wildman–Crippen MR) is 105 cm³/mol. The second kappa shape index (κ2) is 7.23. The lowest BCUT2D eigenvalue weighted by Gasteiger charge is -2.24. The van der Waals surface area contributed by atoms with E-state index in [2.05, 4.69) is 0 Å². The highest BCUT2D eigenvalue weighted by Crippen LogP contribution is 2.34. The molecule has 0 aromatic heterocycles. The maximum absolute atomic E-state index is 13.2. The molecule has 144 valence electrons. The van der Waals surface area contributed by atoms with Crippen LogP contribution in [0.25, 0.3) is 0 Å². The van der Waals surface area contributed by atoms with Gasteiger partial charge in [0.1, 0.15) is 5.75 Å². The smallest absolute Gasteiger partial charge is 0.264 e. The Bertz CT molecular complexity index is 970. The van der Waals surface area contributed by atoms with Gasteiger partial charge in [-0.05, 0) is 50.1 Å². The SMILES string of the molecule is COc1ccc(S(=O)(=O)N2CCc3ccccc32)cc1C(=O)N(C)C(C)C. The highest BCUT2D eigenvalue weighted by atomic mass is 32.2. The van der Waals surface area contributed by atoms with Crippen molar-refractivity contribution < 1.29 is 17.9 Å². The highest BCUT2D eigenvalue weighted by Gasteiger charge is 2.32. The van der Waals surface area contributed by atoms with Crippen molar-refractivity contribution in [3.63, 3.8) is 0 Å². The van der Waals surface area contributed by atoms with Gasteiger partial charge in [0, 0.05) is 19.6 Å². The average Bonchev–Trinajstić information content (AvgIpc) is 3.11. The molecule has 27 heavy (non-hydrogen) atoms. The van der Waals surface area contributed by atoms with Crippen molar-refractivity contribution >= 4 is 21.6 Å². The number of amides is 1. The summed E-state index contributed by atoms with van der Waals surface area (Å²) in [5.41, 5.74) is 1.94. The van der Waals surface area contributed by atoms with Gasteiger partial charge in [0.25, 0.3) is 15.9 Å². The summed E-state index contributed by atoms with van der Waals surface area (Å²) in [6.07, 6.45) is 0.674. The number of nitrogens with zero attached hydrogens (tertiary/aromatic N) is 2. The number of rotatable bonds is 5. The van der Waals surface area contributed by atoms with Gasteiger partial charge >= 0.3 is 0 Å². The predicted octanol–water partition coefficient (Wildman–Crippen LogP) is 2.93. The normalized spacial score (nSPS) is 13.6. The lowest BCUT2D eigenvalue weighted by molar-refractivity contribution is 0.0751. The van der Waals surface area contributed by atoms with Gasteiger partial charge < -0.3 is 9.64 Å². The first kappa shape index (κ1) is 19.2. The summed E-state index contributed by atoms with van der Waals surface area (Å²) in [5.74, 6) is 0.0778. The van der Waals surface area contributed by atoms with Gasteiger partial charge in [-0.1, -0.05) is 18.2 Å². The van der Waals surface area contributed by atoms with E-state index in [0.717, 1.165) is 5.56 Å². The van der Waals surface area contributed by atoms with Crippen LogP contribution in [0.1, 0.15) is 29.8 Å². The molecule has 0 unspecified atom stereocenters. The lowest BCUT2D eigenvalue weighted by atomic mass is 10.1. The largest absolute Gasteiger partial charge is 0.496 e. The first-order chi connectivity index (χ1) is 12.8. The van der Waals surface area contributed by atoms with E-state index in [-0.39, 0.29) is 22.4 Å². The summed E-state index contributed by atoms with van der Waals surface area (Å²) >= 11 is 0. The van der Waals surface area contributed by atoms with E-state index >= 15 is 0 Å². The molecule has 2 aromatic rings. The Kier molecular flexibility index (Phi) is 5.15. The van der Waals surface area contributed by atoms with Gasteiger partial charge in [-0.15, -0.1) is 0 Å². The minimum absolute atomic E-state index is 0.0204. The molecule has 1 aliphatic heterocycles. The van der Waals surface area contributed by atoms with Crippen molar-refractivity contribution in [2.24, 2.45) is 0 Å². The summed E-state index contributed by atoms with van der Waals surface area (Å²) < 4.78 is 33.2. The van der Waals surface area contributed by atoms with Crippen LogP contribution >= 0.6 is 0 Å². The molecule has 2 aromatic carbocycles. The van der Waals surface area contributed by atoms with Crippen LogP contribution in [0.15, 0.2) is 47.4 Å². The molecule has 0 atom stereocenters. The van der Waals surface area contributed by atoms with Gasteiger partial charge in [0.15, 0.2) is 0 Å². The van der Waals surface area contributed by atoms with Crippen LogP contribution < -0.4 is 9.04 Å². The zero-order valence-corrected chi connectivity index (χ0v) is 16.8. The Morgan fingerprint density at radius 2 is 1.89 bits per heavy atom. The van der Waals surface area contributed by atoms with E-state index < -0.39 is 10.0 Å². The van der Waals surface area contributed by atoms with Gasteiger partial charge in [-0.3, -0.25) is 9.10 Å². The Hall–Kier alpha value is -2.54. The Labute approximate surface area is 160 Å². The Morgan fingerprint density at radius 1 is 1.19 bits per heavy atom. The van der Waals surface area contributed by atoms with Crippen LogP contribution in [-0.4, -0.2) is 46.0 Å². The van der Waals surface area contributed by atoms with Crippen molar-refractivity contribution in [2.75, 3.05) is 25.0 Å². The molecule has 0 radical (unpaired) electrons. The number of methoxy groups -OCH3 is 1. The van der Waals surface area contributed by atoms with Gasteiger partial charge in [-0.25, -0.2) is 8.42 Å². The molecule has 6 nitrogen and oxygen atoms in total. The number of para-hydroxylation sites is 1. The number of benzene rings is 2. The lowest BCUT2D eigenvalue weighted by Crippen LogP contribution is -2.34. The van der Waals surface area contributed by atoms with E-state index in [1.54, 1.807) is 11.9 Å². The zero-order valence-electron chi connectivity index (χ0n) is 16.0. The molecule has 3 rings (SSSR count). The fourth-order valence-electron chi connectivity index (χ4n) is 3.12. The van der Waals surface area contributed by atoms with Crippen LogP contribution in [0.2, 0.25) is 0 Å². The van der Waals surface area contributed by atoms with Crippen molar-refractivity contribution in [3.05, 3.63) is 53.6 Å². The summed E-state index contributed by atoms with van der Waals surface area (Å²) in [4.78, 5) is 14.4. The summed E-state index contributed by atoms with van der Waals surface area (Å²) in [6, 6.07) is 11.9. The summed E-state index contributed by atoms with van der Waals surface area (Å²) in [7, 11) is -0.623. The monoisotopic (exact) mass is 388 g/mol. The molecule has 1 amide bonds. The first-order valence-corrected chi connectivity index (χ1v) is 10.3. The number of carbonyl (C=O) groups is 1. The molecule has 0 spiro atoms. The Balaban J connectivity index is 2.05. The molecule has 0 bridgehead atoms. The molecular weight excluding hydrogens is 364 g/mol. The minimum atomic E-state index is -3.77. The van der Waals surface area contributed by atoms with E-state index in [1.165, 1.54) is 29.6 Å². The number of fused-ring (bicyclic) bond motifs is 1. The van der Waals surface area contributed by atoms with Crippen molar-refractivity contribution in [3.8, 4) is 5.75 Å². The topological polar surface area (TPSA) is 66.9 Å². The van der Waals surface area contributed by atoms with Crippen molar-refractivity contribution in [1.82, 2.24) is 4.90 Å². The van der Waals surface area contributed by atoms with E-state index in [9.17, 15) is 13.2 Å². The van der Waals surface area contributed by atoms with Crippen LogP contribution in [-0.2, 0) is 16.4 Å². The molecule has 0 saturated heterocycles. The van der Waals surface area contributed by atoms with Gasteiger partial charge in [0.2, 0.25) is 0 Å². The third-order valence-corrected chi connectivity index (χ3v) is 6.74. The molecule has 1 heterocycles. The number of ether oxygens (including phenoxy) is 1. The minimum Gasteiger partial charge on any atom is -0.496 e. The highest BCUT2D eigenvalue weighted by molar-refractivity contribution is 7.92. The van der Waals surface area contributed by atoms with Crippen molar-refractivity contribution in [1.29, 1.82) is 0 Å². The number of sulfonamides is 1. The first-order valence-electron chi connectivity index (χ1n) is 8.83. The number of carbonyl (C=O) groups excluding carboxylic acids is 1. The summed E-state index contributed by atoms with van der Waals surface area (Å²) in [5, 5.41) is 0. The molecule has 7 heteroatoms. The molecular formula is C20H24N2O4S. The van der Waals surface area contributed by atoms with E-state index in [4.69, 9.17) is 4.74 Å².